The lowest BCUT2D eigenvalue weighted by atomic mass is 9.88. The van der Waals surface area contributed by atoms with Crippen molar-refractivity contribution in [3.63, 3.8) is 0 Å². The SMILES string of the molecule is Cn1cnc2ccc(C3(F)CCCNC3)cc21. The van der Waals surface area contributed by atoms with Crippen LogP contribution in [0.5, 0.6) is 0 Å². The Morgan fingerprint density at radius 2 is 2.35 bits per heavy atom. The van der Waals surface area contributed by atoms with Gasteiger partial charge in [0.05, 0.1) is 17.4 Å². The van der Waals surface area contributed by atoms with Gasteiger partial charge in [0.1, 0.15) is 5.67 Å². The molecule has 1 aromatic heterocycles. The molecule has 2 heterocycles. The van der Waals surface area contributed by atoms with Crippen molar-refractivity contribution < 1.29 is 4.39 Å². The summed E-state index contributed by atoms with van der Waals surface area (Å²) in [7, 11) is 1.93. The minimum atomic E-state index is -1.23. The Hall–Kier alpha value is -1.42. The Morgan fingerprint density at radius 1 is 1.47 bits per heavy atom. The van der Waals surface area contributed by atoms with E-state index in [2.05, 4.69) is 10.3 Å². The lowest BCUT2D eigenvalue weighted by Crippen LogP contribution is -2.40. The number of aryl methyl sites for hydroxylation is 1. The Labute approximate surface area is 99.7 Å². The topological polar surface area (TPSA) is 29.9 Å². The summed E-state index contributed by atoms with van der Waals surface area (Å²) in [6.45, 7) is 1.33. The van der Waals surface area contributed by atoms with Crippen molar-refractivity contribution in [3.05, 3.63) is 30.1 Å². The molecule has 4 heteroatoms. The largest absolute Gasteiger partial charge is 0.334 e. The average Bonchev–Trinajstić information content (AvgIpc) is 2.72. The first-order chi connectivity index (χ1) is 8.19. The second-order valence-electron chi connectivity index (χ2n) is 4.80. The zero-order valence-corrected chi connectivity index (χ0v) is 9.91. The van der Waals surface area contributed by atoms with Crippen LogP contribution >= 0.6 is 0 Å². The highest BCUT2D eigenvalue weighted by molar-refractivity contribution is 5.76. The molecule has 1 unspecified atom stereocenters. The van der Waals surface area contributed by atoms with Crippen LogP contribution in [-0.4, -0.2) is 22.6 Å². The molecule has 1 aliphatic rings. The molecule has 1 saturated heterocycles. The highest BCUT2D eigenvalue weighted by Crippen LogP contribution is 2.34. The van der Waals surface area contributed by atoms with Crippen molar-refractivity contribution in [3.8, 4) is 0 Å². The van der Waals surface area contributed by atoms with Crippen LogP contribution in [0.15, 0.2) is 24.5 Å². The van der Waals surface area contributed by atoms with Crippen LogP contribution < -0.4 is 5.32 Å². The summed E-state index contributed by atoms with van der Waals surface area (Å²) in [5, 5.41) is 3.13. The second-order valence-corrected chi connectivity index (χ2v) is 4.80. The van der Waals surface area contributed by atoms with Crippen molar-refractivity contribution in [2.24, 2.45) is 7.05 Å². The van der Waals surface area contributed by atoms with E-state index >= 15 is 0 Å². The molecular weight excluding hydrogens is 217 g/mol. The van der Waals surface area contributed by atoms with Gasteiger partial charge in [0.25, 0.3) is 0 Å². The number of fused-ring (bicyclic) bond motifs is 1. The number of halogens is 1. The molecule has 1 N–H and O–H groups in total. The maximum Gasteiger partial charge on any atom is 0.148 e. The first-order valence-corrected chi connectivity index (χ1v) is 6.00. The third kappa shape index (κ3) is 1.72. The third-order valence-electron chi connectivity index (χ3n) is 3.57. The van der Waals surface area contributed by atoms with E-state index in [4.69, 9.17) is 0 Å². The normalized spacial score (nSPS) is 25.3. The fourth-order valence-corrected chi connectivity index (χ4v) is 2.52. The van der Waals surface area contributed by atoms with Gasteiger partial charge in [-0.05, 0) is 37.1 Å². The lowest BCUT2D eigenvalue weighted by Gasteiger charge is -2.30. The van der Waals surface area contributed by atoms with Gasteiger partial charge in [-0.25, -0.2) is 9.37 Å². The Balaban J connectivity index is 2.07. The minimum Gasteiger partial charge on any atom is -0.334 e. The number of hydrogen-bond donors (Lipinski definition) is 1. The maximum absolute atomic E-state index is 14.8. The number of imidazole rings is 1. The summed E-state index contributed by atoms with van der Waals surface area (Å²) in [5.74, 6) is 0. The van der Waals surface area contributed by atoms with Gasteiger partial charge in [-0.2, -0.15) is 0 Å². The van der Waals surface area contributed by atoms with E-state index in [1.54, 1.807) is 6.33 Å². The van der Waals surface area contributed by atoms with Gasteiger partial charge in [0.15, 0.2) is 0 Å². The van der Waals surface area contributed by atoms with Crippen LogP contribution in [0.25, 0.3) is 11.0 Å². The van der Waals surface area contributed by atoms with Crippen molar-refractivity contribution in [1.29, 1.82) is 0 Å². The molecule has 0 bridgehead atoms. The van der Waals surface area contributed by atoms with E-state index in [-0.39, 0.29) is 0 Å². The Kier molecular flexibility index (Phi) is 2.40. The fourth-order valence-electron chi connectivity index (χ4n) is 2.52. The predicted molar refractivity (Wildman–Crippen MR) is 65.6 cm³/mol. The zero-order valence-electron chi connectivity index (χ0n) is 9.91. The molecule has 0 radical (unpaired) electrons. The number of hydrogen-bond acceptors (Lipinski definition) is 2. The summed E-state index contributed by atoms with van der Waals surface area (Å²) >= 11 is 0. The summed E-state index contributed by atoms with van der Waals surface area (Å²) in [4.78, 5) is 4.25. The van der Waals surface area contributed by atoms with E-state index in [1.807, 2.05) is 29.8 Å². The van der Waals surface area contributed by atoms with Crippen LogP contribution in [0, 0.1) is 0 Å². The molecule has 3 nitrogen and oxygen atoms in total. The molecular formula is C13H16FN3. The van der Waals surface area contributed by atoms with Gasteiger partial charge in [-0.15, -0.1) is 0 Å². The van der Waals surface area contributed by atoms with Crippen LogP contribution in [0.1, 0.15) is 18.4 Å². The molecule has 1 aromatic carbocycles. The van der Waals surface area contributed by atoms with E-state index < -0.39 is 5.67 Å². The molecule has 2 aromatic rings. The average molecular weight is 233 g/mol. The molecule has 0 aliphatic carbocycles. The molecule has 0 amide bonds. The Morgan fingerprint density at radius 3 is 3.12 bits per heavy atom. The van der Waals surface area contributed by atoms with Crippen LogP contribution in [-0.2, 0) is 12.7 Å². The third-order valence-corrected chi connectivity index (χ3v) is 3.57. The number of rotatable bonds is 1. The Bertz CT molecular complexity index is 541. The molecule has 1 aliphatic heterocycles. The summed E-state index contributed by atoms with van der Waals surface area (Å²) in [5.41, 5.74) is 1.45. The van der Waals surface area contributed by atoms with Crippen molar-refractivity contribution >= 4 is 11.0 Å². The first kappa shape index (κ1) is 10.7. The van der Waals surface area contributed by atoms with Gasteiger partial charge in [0.2, 0.25) is 0 Å². The van der Waals surface area contributed by atoms with Crippen molar-refractivity contribution in [2.45, 2.75) is 18.5 Å². The van der Waals surface area contributed by atoms with E-state index in [9.17, 15) is 4.39 Å². The fraction of sp³-hybridized carbons (Fsp3) is 0.462. The van der Waals surface area contributed by atoms with Crippen LogP contribution in [0.4, 0.5) is 4.39 Å². The lowest BCUT2D eigenvalue weighted by molar-refractivity contribution is 0.122. The summed E-state index contributed by atoms with van der Waals surface area (Å²) in [6, 6.07) is 5.69. The number of alkyl halides is 1. The van der Waals surface area contributed by atoms with Crippen molar-refractivity contribution in [2.75, 3.05) is 13.1 Å². The second kappa shape index (κ2) is 3.81. The van der Waals surface area contributed by atoms with Gasteiger partial charge in [-0.3, -0.25) is 0 Å². The van der Waals surface area contributed by atoms with Crippen LogP contribution in [0.3, 0.4) is 0 Å². The number of benzene rings is 1. The standard InChI is InChI=1S/C13H16FN3/c1-17-9-16-11-4-3-10(7-12(11)17)13(14)5-2-6-15-8-13/h3-4,7,9,15H,2,5-6,8H2,1H3. The molecule has 90 valence electrons. The predicted octanol–water partition coefficient (Wildman–Crippen LogP) is 2.12. The maximum atomic E-state index is 14.8. The van der Waals surface area contributed by atoms with Crippen molar-refractivity contribution in [1.82, 2.24) is 14.9 Å². The highest BCUT2D eigenvalue weighted by atomic mass is 19.1. The number of aromatic nitrogens is 2. The van der Waals surface area contributed by atoms with E-state index in [1.165, 1.54) is 0 Å². The quantitative estimate of drug-likeness (QED) is 0.817. The van der Waals surface area contributed by atoms with E-state index in [0.717, 1.165) is 29.6 Å². The van der Waals surface area contributed by atoms with E-state index in [0.29, 0.717) is 13.0 Å². The molecule has 1 fully saturated rings. The minimum absolute atomic E-state index is 0.413. The number of piperidine rings is 1. The van der Waals surface area contributed by atoms with Gasteiger partial charge < -0.3 is 9.88 Å². The molecule has 17 heavy (non-hydrogen) atoms. The molecule has 0 saturated carbocycles. The van der Waals surface area contributed by atoms with Gasteiger partial charge >= 0.3 is 0 Å². The summed E-state index contributed by atoms with van der Waals surface area (Å²) < 4.78 is 16.7. The monoisotopic (exact) mass is 233 g/mol. The summed E-state index contributed by atoms with van der Waals surface area (Å²) in [6.07, 6.45) is 3.25. The van der Waals surface area contributed by atoms with Gasteiger partial charge in [-0.1, -0.05) is 6.07 Å². The van der Waals surface area contributed by atoms with Gasteiger partial charge in [0, 0.05) is 13.6 Å². The highest BCUT2D eigenvalue weighted by Gasteiger charge is 2.33. The zero-order chi connectivity index (χ0) is 11.9. The first-order valence-electron chi connectivity index (χ1n) is 6.00. The molecule has 0 spiro atoms. The van der Waals surface area contributed by atoms with Crippen LogP contribution in [0.2, 0.25) is 0 Å². The number of nitrogens with zero attached hydrogens (tertiary/aromatic N) is 2. The molecule has 1 atom stereocenters. The number of nitrogens with one attached hydrogen (secondary N) is 1. The molecule has 3 rings (SSSR count). The smallest absolute Gasteiger partial charge is 0.148 e.